The molecule has 2 aromatic rings. The summed E-state index contributed by atoms with van der Waals surface area (Å²) in [6.45, 7) is 0.0613. The molecule has 0 unspecified atom stereocenters. The van der Waals surface area contributed by atoms with E-state index in [1.807, 2.05) is 18.2 Å². The Kier molecular flexibility index (Phi) is 6.46. The summed E-state index contributed by atoms with van der Waals surface area (Å²) in [5.41, 5.74) is 1.45. The van der Waals surface area contributed by atoms with Gasteiger partial charge in [0.25, 0.3) is 0 Å². The molecule has 1 amide bonds. The van der Waals surface area contributed by atoms with E-state index < -0.39 is 18.1 Å². The molecule has 0 heterocycles. The van der Waals surface area contributed by atoms with E-state index in [1.165, 1.54) is 0 Å². The molecule has 126 valence electrons. The molecule has 0 aliphatic rings. The molecule has 0 spiro atoms. The zero-order valence-electron chi connectivity index (χ0n) is 12.5. The average molecular weight is 368 g/mol. The Morgan fingerprint density at radius 3 is 2.38 bits per heavy atom. The van der Waals surface area contributed by atoms with Gasteiger partial charge in [0.05, 0.1) is 10.0 Å². The highest BCUT2D eigenvalue weighted by molar-refractivity contribution is 6.42. The molecule has 0 fully saturated rings. The van der Waals surface area contributed by atoms with Crippen molar-refractivity contribution in [2.75, 3.05) is 0 Å². The first-order valence-corrected chi connectivity index (χ1v) is 7.85. The van der Waals surface area contributed by atoms with Crippen LogP contribution in [0.25, 0.3) is 0 Å². The number of hydrogen-bond donors (Lipinski definition) is 2. The SMILES string of the molecule is O=C(N[C@H](Cc1ccc(Cl)c(Cl)c1)C(=O)O)OCc1ccccc1. The number of carbonyl (C=O) groups is 2. The van der Waals surface area contributed by atoms with E-state index in [-0.39, 0.29) is 13.0 Å². The number of carboxylic acid groups (broad SMARTS) is 1. The maximum absolute atomic E-state index is 11.8. The number of carbonyl (C=O) groups excluding carboxylic acids is 1. The second-order valence-electron chi connectivity index (χ2n) is 5.05. The predicted molar refractivity (Wildman–Crippen MR) is 91.4 cm³/mol. The Labute approximate surface area is 149 Å². The van der Waals surface area contributed by atoms with Gasteiger partial charge < -0.3 is 15.2 Å². The van der Waals surface area contributed by atoms with Gasteiger partial charge >= 0.3 is 12.1 Å². The standard InChI is InChI=1S/C17H15Cl2NO4/c18-13-7-6-12(8-14(13)19)9-15(16(21)22)20-17(23)24-10-11-4-2-1-3-5-11/h1-8,15H,9-10H2,(H,20,23)(H,21,22)/t15-/m1/s1. The Hall–Kier alpha value is -2.24. The summed E-state index contributed by atoms with van der Waals surface area (Å²) in [6.07, 6.45) is -0.738. The molecule has 2 rings (SSSR count). The average Bonchev–Trinajstić information content (AvgIpc) is 2.56. The molecule has 1 atom stereocenters. The fourth-order valence-electron chi connectivity index (χ4n) is 2.01. The van der Waals surface area contributed by atoms with Crippen LogP contribution < -0.4 is 5.32 Å². The van der Waals surface area contributed by atoms with Crippen LogP contribution in [0.1, 0.15) is 11.1 Å². The van der Waals surface area contributed by atoms with Gasteiger partial charge in [-0.1, -0.05) is 59.6 Å². The number of halogens is 2. The third-order valence-electron chi connectivity index (χ3n) is 3.23. The summed E-state index contributed by atoms with van der Waals surface area (Å²) in [7, 11) is 0. The number of alkyl carbamates (subject to hydrolysis) is 1. The second kappa shape index (κ2) is 8.57. The summed E-state index contributed by atoms with van der Waals surface area (Å²) in [6, 6.07) is 12.8. The molecule has 0 saturated carbocycles. The molecule has 0 aliphatic carbocycles. The van der Waals surface area contributed by atoms with Crippen molar-refractivity contribution in [3.63, 3.8) is 0 Å². The van der Waals surface area contributed by atoms with Gasteiger partial charge in [-0.05, 0) is 23.3 Å². The third kappa shape index (κ3) is 5.44. The van der Waals surface area contributed by atoms with Crippen LogP contribution in [0, 0.1) is 0 Å². The Morgan fingerprint density at radius 2 is 1.75 bits per heavy atom. The Bertz CT molecular complexity index is 722. The van der Waals surface area contributed by atoms with E-state index in [2.05, 4.69) is 5.32 Å². The first-order valence-electron chi connectivity index (χ1n) is 7.09. The molecule has 0 aliphatic heterocycles. The zero-order valence-corrected chi connectivity index (χ0v) is 14.1. The molecule has 2 aromatic carbocycles. The molecular weight excluding hydrogens is 353 g/mol. The lowest BCUT2D eigenvalue weighted by atomic mass is 10.1. The van der Waals surface area contributed by atoms with Crippen molar-refractivity contribution in [3.05, 3.63) is 69.7 Å². The van der Waals surface area contributed by atoms with E-state index in [0.29, 0.717) is 15.6 Å². The molecule has 0 bridgehead atoms. The lowest BCUT2D eigenvalue weighted by Gasteiger charge is -2.15. The second-order valence-corrected chi connectivity index (χ2v) is 5.86. The van der Waals surface area contributed by atoms with E-state index in [1.54, 1.807) is 30.3 Å². The minimum atomic E-state index is -1.17. The minimum absolute atomic E-state index is 0.0613. The van der Waals surface area contributed by atoms with Crippen LogP contribution in [0.4, 0.5) is 4.79 Å². The van der Waals surface area contributed by atoms with Gasteiger partial charge in [0, 0.05) is 6.42 Å². The topological polar surface area (TPSA) is 75.6 Å². The molecule has 24 heavy (non-hydrogen) atoms. The molecule has 5 nitrogen and oxygen atoms in total. The summed E-state index contributed by atoms with van der Waals surface area (Å²) in [5.74, 6) is -1.17. The van der Waals surface area contributed by atoms with E-state index >= 15 is 0 Å². The molecule has 0 radical (unpaired) electrons. The van der Waals surface area contributed by atoms with Crippen LogP contribution in [-0.2, 0) is 22.6 Å². The fraction of sp³-hybridized carbons (Fsp3) is 0.176. The predicted octanol–water partition coefficient (Wildman–Crippen LogP) is 3.92. The number of rotatable bonds is 6. The normalized spacial score (nSPS) is 11.6. The van der Waals surface area contributed by atoms with Gasteiger partial charge in [-0.15, -0.1) is 0 Å². The molecule has 0 aromatic heterocycles. The van der Waals surface area contributed by atoms with Crippen molar-refractivity contribution in [1.82, 2.24) is 5.32 Å². The number of aliphatic carboxylic acids is 1. The van der Waals surface area contributed by atoms with E-state index in [9.17, 15) is 14.7 Å². The zero-order chi connectivity index (χ0) is 17.5. The smallest absolute Gasteiger partial charge is 0.408 e. The Balaban J connectivity index is 1.93. The van der Waals surface area contributed by atoms with Gasteiger partial charge in [0.15, 0.2) is 0 Å². The number of amides is 1. The molecule has 0 saturated heterocycles. The fourth-order valence-corrected chi connectivity index (χ4v) is 2.33. The number of carboxylic acids is 1. The van der Waals surface area contributed by atoms with Crippen LogP contribution in [-0.4, -0.2) is 23.2 Å². The third-order valence-corrected chi connectivity index (χ3v) is 3.97. The van der Waals surface area contributed by atoms with Crippen molar-refractivity contribution in [2.24, 2.45) is 0 Å². The van der Waals surface area contributed by atoms with Crippen LogP contribution in [0.15, 0.2) is 48.5 Å². The van der Waals surface area contributed by atoms with Crippen molar-refractivity contribution in [1.29, 1.82) is 0 Å². The van der Waals surface area contributed by atoms with Gasteiger partial charge in [0.2, 0.25) is 0 Å². The summed E-state index contributed by atoms with van der Waals surface area (Å²) >= 11 is 11.7. The van der Waals surface area contributed by atoms with Gasteiger partial charge in [-0.2, -0.15) is 0 Å². The lowest BCUT2D eigenvalue weighted by Crippen LogP contribution is -2.42. The van der Waals surface area contributed by atoms with Crippen molar-refractivity contribution in [3.8, 4) is 0 Å². The largest absolute Gasteiger partial charge is 0.480 e. The lowest BCUT2D eigenvalue weighted by molar-refractivity contribution is -0.139. The van der Waals surface area contributed by atoms with Crippen LogP contribution in [0.2, 0.25) is 10.0 Å². The van der Waals surface area contributed by atoms with Crippen molar-refractivity contribution < 1.29 is 19.4 Å². The highest BCUT2D eigenvalue weighted by Gasteiger charge is 2.21. The Morgan fingerprint density at radius 1 is 1.04 bits per heavy atom. The van der Waals surface area contributed by atoms with Gasteiger partial charge in [-0.3, -0.25) is 0 Å². The van der Waals surface area contributed by atoms with Crippen LogP contribution in [0.5, 0.6) is 0 Å². The van der Waals surface area contributed by atoms with Gasteiger partial charge in [0.1, 0.15) is 12.6 Å². The van der Waals surface area contributed by atoms with Crippen LogP contribution >= 0.6 is 23.2 Å². The number of nitrogens with one attached hydrogen (secondary N) is 1. The molecular formula is C17H15Cl2NO4. The summed E-state index contributed by atoms with van der Waals surface area (Å²) < 4.78 is 5.03. The maximum Gasteiger partial charge on any atom is 0.408 e. The van der Waals surface area contributed by atoms with Gasteiger partial charge in [-0.25, -0.2) is 9.59 Å². The first kappa shape index (κ1) is 18.1. The van der Waals surface area contributed by atoms with Crippen molar-refractivity contribution >= 4 is 35.3 Å². The quantitative estimate of drug-likeness (QED) is 0.811. The summed E-state index contributed by atoms with van der Waals surface area (Å²) in [4.78, 5) is 23.1. The molecule has 7 heteroatoms. The van der Waals surface area contributed by atoms with Crippen LogP contribution in [0.3, 0.4) is 0 Å². The highest BCUT2D eigenvalue weighted by atomic mass is 35.5. The minimum Gasteiger partial charge on any atom is -0.480 e. The molecule has 2 N–H and O–H groups in total. The number of ether oxygens (including phenoxy) is 1. The van der Waals surface area contributed by atoms with Crippen molar-refractivity contribution in [2.45, 2.75) is 19.1 Å². The van der Waals surface area contributed by atoms with E-state index in [4.69, 9.17) is 27.9 Å². The number of hydrogen-bond acceptors (Lipinski definition) is 3. The van der Waals surface area contributed by atoms with E-state index in [0.717, 1.165) is 5.56 Å². The summed E-state index contributed by atoms with van der Waals surface area (Å²) in [5, 5.41) is 12.3. The monoisotopic (exact) mass is 367 g/mol. The number of benzene rings is 2. The highest BCUT2D eigenvalue weighted by Crippen LogP contribution is 2.23. The first-order chi connectivity index (χ1) is 11.5. The maximum atomic E-state index is 11.8.